The zero-order valence-corrected chi connectivity index (χ0v) is 11.0. The molecule has 0 aliphatic rings. The maximum atomic E-state index is 9.50. The number of phenolic OH excluding ortho intramolecular Hbond substituents is 1. The molecule has 2 nitrogen and oxygen atoms in total. The first-order chi connectivity index (χ1) is 6.18. The topological polar surface area (TPSA) is 33.1 Å². The molecule has 0 fully saturated rings. The van der Waals surface area contributed by atoms with Crippen molar-refractivity contribution in [1.29, 1.82) is 0 Å². The largest absolute Gasteiger partial charge is 0.532 e. The van der Waals surface area contributed by atoms with E-state index in [-0.39, 0.29) is 38.5 Å². The summed E-state index contributed by atoms with van der Waals surface area (Å²) in [6, 6.07) is 8.45. The molecule has 14 heavy (non-hydrogen) atoms. The molecule has 3 heteroatoms. The van der Waals surface area contributed by atoms with Crippen LogP contribution in [0, 0.1) is 19.9 Å². The van der Waals surface area contributed by atoms with Gasteiger partial charge < -0.3 is 10.1 Å². The van der Waals surface area contributed by atoms with Gasteiger partial charge in [0, 0.05) is 49.7 Å². The number of aryl methyl sites for hydroxylation is 2. The van der Waals surface area contributed by atoms with Crippen LogP contribution in [0.5, 0.6) is 5.75 Å². The van der Waals surface area contributed by atoms with Crippen molar-refractivity contribution in [3.63, 3.8) is 0 Å². The van der Waals surface area contributed by atoms with Gasteiger partial charge in [-0.15, -0.1) is 17.0 Å². The van der Waals surface area contributed by atoms with E-state index < -0.39 is 0 Å². The number of rotatable bonds is 0. The van der Waals surface area contributed by atoms with Crippen LogP contribution in [-0.4, -0.2) is 10.1 Å². The number of hydrogen-bond acceptors (Lipinski definition) is 2. The molecule has 0 saturated heterocycles. The van der Waals surface area contributed by atoms with Gasteiger partial charge in [-0.05, 0) is 13.0 Å². The monoisotopic (exact) mass is 261 g/mol. The molecule has 0 bridgehead atoms. The van der Waals surface area contributed by atoms with Crippen molar-refractivity contribution < 1.29 is 37.8 Å². The molecule has 2 aromatic rings. The third-order valence-electron chi connectivity index (χ3n) is 2.11. The van der Waals surface area contributed by atoms with E-state index in [1.165, 1.54) is 0 Å². The van der Waals surface area contributed by atoms with Gasteiger partial charge in [-0.1, -0.05) is 13.0 Å². The Morgan fingerprint density at radius 1 is 1.29 bits per heavy atom. The summed E-state index contributed by atoms with van der Waals surface area (Å²) in [6.07, 6.45) is 0. The van der Waals surface area contributed by atoms with Gasteiger partial charge in [0.15, 0.2) is 0 Å². The second kappa shape index (κ2) is 4.37. The van der Waals surface area contributed by atoms with E-state index in [0.717, 1.165) is 16.6 Å². The SMILES string of the molecule is Cc1ccc2c(C)c[c-]c(O)c2n1.[Y]. The molecule has 0 amide bonds. The van der Waals surface area contributed by atoms with E-state index in [2.05, 4.69) is 11.1 Å². The maximum Gasteiger partial charge on any atom is 0.0294 e. The maximum absolute atomic E-state index is 9.50. The van der Waals surface area contributed by atoms with Crippen LogP contribution in [0.3, 0.4) is 0 Å². The molecule has 1 N–H and O–H groups in total. The first-order valence-electron chi connectivity index (χ1n) is 4.16. The molecular weight excluding hydrogens is 251 g/mol. The van der Waals surface area contributed by atoms with Crippen LogP contribution in [0.15, 0.2) is 18.2 Å². The summed E-state index contributed by atoms with van der Waals surface area (Å²) in [6.45, 7) is 3.89. The predicted octanol–water partition coefficient (Wildman–Crippen LogP) is 2.35. The number of phenols is 1. The van der Waals surface area contributed by atoms with Crippen molar-refractivity contribution in [3.8, 4) is 5.75 Å². The minimum Gasteiger partial charge on any atom is -0.532 e. The molecule has 0 aliphatic carbocycles. The first kappa shape index (κ1) is 11.6. The number of nitrogens with zero attached hydrogens (tertiary/aromatic N) is 1. The second-order valence-corrected chi connectivity index (χ2v) is 3.17. The Hall–Kier alpha value is -0.466. The molecule has 1 radical (unpaired) electrons. The molecule has 0 spiro atoms. The van der Waals surface area contributed by atoms with Crippen LogP contribution in [0.1, 0.15) is 11.3 Å². The average molecular weight is 261 g/mol. The van der Waals surface area contributed by atoms with Gasteiger partial charge in [0.2, 0.25) is 0 Å². The molecule has 0 aliphatic heterocycles. The van der Waals surface area contributed by atoms with E-state index in [4.69, 9.17) is 0 Å². The molecular formula is C11H10NOY-. The van der Waals surface area contributed by atoms with Gasteiger partial charge in [0.05, 0.1) is 0 Å². The fourth-order valence-corrected chi connectivity index (χ4v) is 1.38. The van der Waals surface area contributed by atoms with Crippen molar-refractivity contribution in [2.75, 3.05) is 0 Å². The summed E-state index contributed by atoms with van der Waals surface area (Å²) < 4.78 is 0. The number of pyridine rings is 1. The summed E-state index contributed by atoms with van der Waals surface area (Å²) in [5.41, 5.74) is 2.63. The molecule has 69 valence electrons. The average Bonchev–Trinajstić information content (AvgIpc) is 2.12. The van der Waals surface area contributed by atoms with Crippen molar-refractivity contribution in [2.24, 2.45) is 0 Å². The zero-order chi connectivity index (χ0) is 9.42. The van der Waals surface area contributed by atoms with Gasteiger partial charge in [-0.25, -0.2) is 0 Å². The van der Waals surface area contributed by atoms with Crippen LogP contribution >= 0.6 is 0 Å². The Morgan fingerprint density at radius 3 is 2.71 bits per heavy atom. The summed E-state index contributed by atoms with van der Waals surface area (Å²) in [7, 11) is 0. The summed E-state index contributed by atoms with van der Waals surface area (Å²) in [4.78, 5) is 4.25. The summed E-state index contributed by atoms with van der Waals surface area (Å²) in [5.74, 6) is 0.129. The molecule has 0 atom stereocenters. The molecule has 1 aromatic carbocycles. The van der Waals surface area contributed by atoms with E-state index >= 15 is 0 Å². The second-order valence-electron chi connectivity index (χ2n) is 3.17. The van der Waals surface area contributed by atoms with E-state index in [1.54, 1.807) is 6.07 Å². The van der Waals surface area contributed by atoms with Crippen LogP contribution in [0.4, 0.5) is 0 Å². The van der Waals surface area contributed by atoms with Gasteiger partial charge in [0.1, 0.15) is 0 Å². The molecule has 2 rings (SSSR count). The number of hydrogen-bond donors (Lipinski definition) is 1. The third kappa shape index (κ3) is 1.96. The Bertz CT molecular complexity index is 468. The quantitative estimate of drug-likeness (QED) is 0.738. The third-order valence-corrected chi connectivity index (χ3v) is 2.11. The van der Waals surface area contributed by atoms with Crippen LogP contribution in [0.2, 0.25) is 0 Å². The van der Waals surface area contributed by atoms with Gasteiger partial charge in [-0.3, -0.25) is 0 Å². The first-order valence-corrected chi connectivity index (χ1v) is 4.16. The number of aromatic hydroxyl groups is 1. The van der Waals surface area contributed by atoms with Crippen molar-refractivity contribution in [3.05, 3.63) is 35.5 Å². The van der Waals surface area contributed by atoms with Crippen molar-refractivity contribution >= 4 is 10.9 Å². The summed E-state index contributed by atoms with van der Waals surface area (Å²) in [5, 5.41) is 10.5. The zero-order valence-electron chi connectivity index (χ0n) is 8.20. The fourth-order valence-electron chi connectivity index (χ4n) is 1.38. The van der Waals surface area contributed by atoms with Crippen LogP contribution < -0.4 is 0 Å². The van der Waals surface area contributed by atoms with E-state index in [9.17, 15) is 5.11 Å². The Kier molecular flexibility index (Phi) is 3.62. The number of fused-ring (bicyclic) bond motifs is 1. The fraction of sp³-hybridized carbons (Fsp3) is 0.182. The Labute approximate surface area is 108 Å². The normalized spacial score (nSPS) is 9.86. The van der Waals surface area contributed by atoms with Crippen LogP contribution in [-0.2, 0) is 32.7 Å². The van der Waals surface area contributed by atoms with Crippen LogP contribution in [0.25, 0.3) is 10.9 Å². The van der Waals surface area contributed by atoms with Crippen molar-refractivity contribution in [2.45, 2.75) is 13.8 Å². The van der Waals surface area contributed by atoms with Gasteiger partial charge in [0.25, 0.3) is 0 Å². The smallest absolute Gasteiger partial charge is 0.0294 e. The van der Waals surface area contributed by atoms with Crippen molar-refractivity contribution in [1.82, 2.24) is 4.98 Å². The molecule has 1 aromatic heterocycles. The predicted molar refractivity (Wildman–Crippen MR) is 51.7 cm³/mol. The number of aromatic nitrogens is 1. The number of benzene rings is 1. The Morgan fingerprint density at radius 2 is 2.00 bits per heavy atom. The minimum absolute atomic E-state index is 0. The van der Waals surface area contributed by atoms with E-state index in [1.807, 2.05) is 26.0 Å². The molecule has 0 saturated carbocycles. The molecule has 1 heterocycles. The Balaban J connectivity index is 0.000000980. The standard InChI is InChI=1S/C11H10NO.Y/c1-7-3-6-10(13)11-9(7)5-4-8(2)12-11;/h3-5,13H,1-2H3;/q-1;. The minimum atomic E-state index is 0. The summed E-state index contributed by atoms with van der Waals surface area (Å²) >= 11 is 0. The van der Waals surface area contributed by atoms with E-state index in [0.29, 0.717) is 5.52 Å². The molecule has 0 unspecified atom stereocenters. The van der Waals surface area contributed by atoms with Gasteiger partial charge >= 0.3 is 0 Å². The van der Waals surface area contributed by atoms with Gasteiger partial charge in [-0.2, -0.15) is 6.07 Å².